The van der Waals surface area contributed by atoms with Crippen molar-refractivity contribution in [1.29, 1.82) is 0 Å². The zero-order chi connectivity index (χ0) is 26.3. The minimum atomic E-state index is -0.919. The first-order valence-corrected chi connectivity index (χ1v) is 11.6. The van der Waals surface area contributed by atoms with E-state index in [1.807, 2.05) is 67.5 Å². The number of rotatable bonds is 5. The lowest BCUT2D eigenvalue weighted by Crippen LogP contribution is -2.29. The highest BCUT2D eigenvalue weighted by atomic mass is 16.5. The highest BCUT2D eigenvalue weighted by Crippen LogP contribution is 2.43. The van der Waals surface area contributed by atoms with Crippen molar-refractivity contribution in [1.82, 2.24) is 4.98 Å². The van der Waals surface area contributed by atoms with E-state index in [2.05, 4.69) is 4.98 Å². The quantitative estimate of drug-likeness (QED) is 0.181. The molecule has 0 radical (unpaired) electrons. The predicted octanol–water partition coefficient (Wildman–Crippen LogP) is 4.65. The van der Waals surface area contributed by atoms with Gasteiger partial charge in [-0.15, -0.1) is 0 Å². The lowest BCUT2D eigenvalue weighted by atomic mass is 9.94. The second-order valence-corrected chi connectivity index (χ2v) is 8.94. The number of anilines is 2. The number of nitrogens with one attached hydrogen (secondary N) is 1. The standard InChI is InChI=1S/C29H25N3O5/c1-31(2)19-13-11-17(12-14-19)25-24(26(33)22-16-30-23-10-5-4-9-21(22)23)27(34)28(35)32(25)20-8-6-7-18(15-20)29(36)37-3/h4-16,25,30,33H,1-3H3/b26-24-. The largest absolute Gasteiger partial charge is 0.507 e. The van der Waals surface area contributed by atoms with Crippen molar-refractivity contribution in [3.05, 3.63) is 101 Å². The molecule has 0 spiro atoms. The molecule has 0 bridgehead atoms. The number of Topliss-reactive ketones (excluding diaryl/α,β-unsaturated/α-hetero) is 1. The monoisotopic (exact) mass is 495 g/mol. The number of aliphatic hydroxyl groups excluding tert-OH is 1. The SMILES string of the molecule is COC(=O)c1cccc(N2C(=O)C(=O)/C(=C(\O)c3c[nH]c4ccccc34)C2c2ccc(N(C)C)cc2)c1. The van der Waals surface area contributed by atoms with Gasteiger partial charge in [-0.3, -0.25) is 14.5 Å². The molecule has 8 nitrogen and oxygen atoms in total. The highest BCUT2D eigenvalue weighted by Gasteiger charge is 2.47. The van der Waals surface area contributed by atoms with E-state index in [0.29, 0.717) is 16.8 Å². The molecule has 1 unspecified atom stereocenters. The number of H-pyrrole nitrogens is 1. The summed E-state index contributed by atoms with van der Waals surface area (Å²) in [5.74, 6) is -2.45. The molecule has 37 heavy (non-hydrogen) atoms. The molecular weight excluding hydrogens is 470 g/mol. The summed E-state index contributed by atoms with van der Waals surface area (Å²) in [4.78, 5) is 45.5. The van der Waals surface area contributed by atoms with E-state index in [-0.39, 0.29) is 16.9 Å². The van der Waals surface area contributed by atoms with Crippen LogP contribution < -0.4 is 9.80 Å². The van der Waals surface area contributed by atoms with Gasteiger partial charge in [-0.25, -0.2) is 4.79 Å². The number of carbonyl (C=O) groups is 3. The summed E-state index contributed by atoms with van der Waals surface area (Å²) in [6, 6.07) is 20.2. The molecule has 1 aliphatic heterocycles. The first-order valence-electron chi connectivity index (χ1n) is 11.6. The van der Waals surface area contributed by atoms with Gasteiger partial charge in [0.15, 0.2) is 0 Å². The number of carbonyl (C=O) groups excluding carboxylic acids is 3. The van der Waals surface area contributed by atoms with Crippen molar-refractivity contribution >= 4 is 45.7 Å². The van der Waals surface area contributed by atoms with Gasteiger partial charge in [-0.1, -0.05) is 36.4 Å². The average Bonchev–Trinajstić information content (AvgIpc) is 3.47. The Morgan fingerprint density at radius 2 is 1.73 bits per heavy atom. The normalized spacial score (nSPS) is 16.8. The maximum atomic E-state index is 13.5. The van der Waals surface area contributed by atoms with Gasteiger partial charge in [0.2, 0.25) is 0 Å². The number of para-hydroxylation sites is 1. The van der Waals surface area contributed by atoms with E-state index in [9.17, 15) is 19.5 Å². The van der Waals surface area contributed by atoms with Gasteiger partial charge in [0.05, 0.1) is 24.3 Å². The Bertz CT molecular complexity index is 1570. The number of amides is 1. The van der Waals surface area contributed by atoms with Gasteiger partial charge in [-0.2, -0.15) is 0 Å². The number of benzene rings is 3. The number of fused-ring (bicyclic) bond motifs is 1. The molecule has 1 atom stereocenters. The third-order valence-electron chi connectivity index (χ3n) is 6.56. The minimum Gasteiger partial charge on any atom is -0.507 e. The van der Waals surface area contributed by atoms with E-state index < -0.39 is 23.7 Å². The number of methoxy groups -OCH3 is 1. The molecule has 186 valence electrons. The van der Waals surface area contributed by atoms with Gasteiger partial charge in [0.25, 0.3) is 11.7 Å². The van der Waals surface area contributed by atoms with Crippen LogP contribution in [0.3, 0.4) is 0 Å². The molecule has 3 aromatic carbocycles. The van der Waals surface area contributed by atoms with Crippen molar-refractivity contribution in [2.45, 2.75) is 6.04 Å². The molecule has 1 fully saturated rings. The summed E-state index contributed by atoms with van der Waals surface area (Å²) < 4.78 is 4.83. The minimum absolute atomic E-state index is 0.0316. The number of aromatic nitrogens is 1. The maximum Gasteiger partial charge on any atom is 0.337 e. The molecule has 1 aliphatic rings. The first kappa shape index (κ1) is 23.9. The van der Waals surface area contributed by atoms with Crippen LogP contribution in [0.1, 0.15) is 27.5 Å². The zero-order valence-corrected chi connectivity index (χ0v) is 20.6. The van der Waals surface area contributed by atoms with Crippen LogP contribution >= 0.6 is 0 Å². The number of nitrogens with zero attached hydrogens (tertiary/aromatic N) is 2. The fraction of sp³-hybridized carbons (Fsp3) is 0.138. The van der Waals surface area contributed by atoms with Crippen molar-refractivity contribution in [3.63, 3.8) is 0 Å². The lowest BCUT2D eigenvalue weighted by molar-refractivity contribution is -0.132. The van der Waals surface area contributed by atoms with Crippen molar-refractivity contribution < 1.29 is 24.2 Å². The van der Waals surface area contributed by atoms with Gasteiger partial charge in [-0.05, 0) is 42.0 Å². The number of hydrogen-bond acceptors (Lipinski definition) is 6. The third-order valence-corrected chi connectivity index (χ3v) is 6.56. The zero-order valence-electron chi connectivity index (χ0n) is 20.6. The topological polar surface area (TPSA) is 103 Å². The summed E-state index contributed by atoms with van der Waals surface area (Å²) in [5, 5.41) is 12.2. The van der Waals surface area contributed by atoms with E-state index in [1.54, 1.807) is 24.4 Å². The average molecular weight is 496 g/mol. The molecule has 8 heteroatoms. The molecule has 0 aliphatic carbocycles. The fourth-order valence-electron chi connectivity index (χ4n) is 4.68. The Labute approximate surface area is 213 Å². The number of aromatic amines is 1. The van der Waals surface area contributed by atoms with Crippen LogP contribution in [0.15, 0.2) is 84.6 Å². The molecule has 4 aromatic rings. The Kier molecular flexibility index (Phi) is 6.01. The van der Waals surface area contributed by atoms with Crippen LogP contribution in [0.25, 0.3) is 16.7 Å². The van der Waals surface area contributed by atoms with Crippen LogP contribution in [-0.2, 0) is 14.3 Å². The third kappa shape index (κ3) is 4.02. The second kappa shape index (κ2) is 9.31. The van der Waals surface area contributed by atoms with Gasteiger partial charge >= 0.3 is 5.97 Å². The molecule has 2 N–H and O–H groups in total. The Morgan fingerprint density at radius 3 is 2.43 bits per heavy atom. The Hall–Kier alpha value is -4.85. The van der Waals surface area contributed by atoms with Crippen LogP contribution in [0.5, 0.6) is 0 Å². The number of hydrogen-bond donors (Lipinski definition) is 2. The van der Waals surface area contributed by atoms with Gasteiger partial charge in [0.1, 0.15) is 5.76 Å². The summed E-state index contributed by atoms with van der Waals surface area (Å²) in [5.41, 5.74) is 3.32. The van der Waals surface area contributed by atoms with Gasteiger partial charge in [0, 0.05) is 48.1 Å². The first-order chi connectivity index (χ1) is 17.8. The molecule has 1 aromatic heterocycles. The Balaban J connectivity index is 1.73. The van der Waals surface area contributed by atoms with Gasteiger partial charge < -0.3 is 19.7 Å². The number of aliphatic hydroxyl groups is 1. The van der Waals surface area contributed by atoms with Crippen LogP contribution in [-0.4, -0.2) is 49.0 Å². The smallest absolute Gasteiger partial charge is 0.337 e. The second-order valence-electron chi connectivity index (χ2n) is 8.94. The molecular formula is C29H25N3O5. The molecule has 1 saturated heterocycles. The molecule has 0 saturated carbocycles. The van der Waals surface area contributed by atoms with Crippen LogP contribution in [0.2, 0.25) is 0 Å². The predicted molar refractivity (Wildman–Crippen MR) is 142 cm³/mol. The van der Waals surface area contributed by atoms with Crippen LogP contribution in [0.4, 0.5) is 11.4 Å². The van der Waals surface area contributed by atoms with E-state index in [1.165, 1.54) is 18.1 Å². The van der Waals surface area contributed by atoms with Crippen molar-refractivity contribution in [3.8, 4) is 0 Å². The summed E-state index contributed by atoms with van der Waals surface area (Å²) in [7, 11) is 5.10. The fourth-order valence-corrected chi connectivity index (χ4v) is 4.68. The van der Waals surface area contributed by atoms with E-state index >= 15 is 0 Å². The van der Waals surface area contributed by atoms with Crippen molar-refractivity contribution in [2.75, 3.05) is 31.0 Å². The maximum absolute atomic E-state index is 13.5. The van der Waals surface area contributed by atoms with E-state index in [4.69, 9.17) is 4.74 Å². The molecule has 5 rings (SSSR count). The summed E-state index contributed by atoms with van der Waals surface area (Å²) >= 11 is 0. The van der Waals surface area contributed by atoms with E-state index in [0.717, 1.165) is 16.6 Å². The summed E-state index contributed by atoms with van der Waals surface area (Å²) in [6.45, 7) is 0. The Morgan fingerprint density at radius 1 is 1.00 bits per heavy atom. The van der Waals surface area contributed by atoms with Crippen molar-refractivity contribution in [2.24, 2.45) is 0 Å². The lowest BCUT2D eigenvalue weighted by Gasteiger charge is -2.26. The van der Waals surface area contributed by atoms with Crippen LogP contribution in [0, 0.1) is 0 Å². The molecule has 1 amide bonds. The number of ketones is 1. The number of ether oxygens (including phenoxy) is 1. The molecule has 2 heterocycles. The highest BCUT2D eigenvalue weighted by molar-refractivity contribution is 6.51. The summed E-state index contributed by atoms with van der Waals surface area (Å²) in [6.07, 6.45) is 1.62. The number of esters is 1.